The number of carbonyl (C=O) groups excluding carboxylic acids is 1. The Bertz CT molecular complexity index is 174. The highest BCUT2D eigenvalue weighted by Crippen LogP contribution is 2.25. The number of rotatable bonds is 10. The van der Waals surface area contributed by atoms with Crippen LogP contribution in [0.5, 0.6) is 0 Å². The Labute approximate surface area is 95.0 Å². The van der Waals surface area contributed by atoms with Crippen LogP contribution in [0.2, 0.25) is 0 Å². The van der Waals surface area contributed by atoms with Gasteiger partial charge in [-0.2, -0.15) is 0 Å². The Morgan fingerprint density at radius 1 is 1.13 bits per heavy atom. The van der Waals surface area contributed by atoms with Crippen LogP contribution in [-0.4, -0.2) is 6.29 Å². The third kappa shape index (κ3) is 7.35. The van der Waals surface area contributed by atoms with Crippen LogP contribution in [0.1, 0.15) is 65.2 Å². The molecule has 0 aliphatic rings. The topological polar surface area (TPSA) is 17.1 Å². The summed E-state index contributed by atoms with van der Waals surface area (Å²) in [5.74, 6) is 0. The maximum absolute atomic E-state index is 10.9. The molecule has 0 heterocycles. The van der Waals surface area contributed by atoms with Gasteiger partial charge in [-0.1, -0.05) is 45.6 Å². The van der Waals surface area contributed by atoms with E-state index in [2.05, 4.69) is 20.4 Å². The quantitative estimate of drug-likeness (QED) is 0.294. The van der Waals surface area contributed by atoms with Gasteiger partial charge >= 0.3 is 0 Å². The van der Waals surface area contributed by atoms with Gasteiger partial charge in [0.1, 0.15) is 6.29 Å². The molecular weight excluding hydrogens is 184 g/mol. The van der Waals surface area contributed by atoms with Crippen molar-refractivity contribution in [3.63, 3.8) is 0 Å². The Morgan fingerprint density at radius 3 is 2.27 bits per heavy atom. The van der Waals surface area contributed by atoms with E-state index in [1.807, 2.05) is 6.08 Å². The van der Waals surface area contributed by atoms with Crippen molar-refractivity contribution in [1.29, 1.82) is 0 Å². The molecule has 0 saturated heterocycles. The van der Waals surface area contributed by atoms with Crippen LogP contribution in [0, 0.1) is 5.41 Å². The average molecular weight is 210 g/mol. The zero-order valence-corrected chi connectivity index (χ0v) is 10.4. The van der Waals surface area contributed by atoms with E-state index >= 15 is 0 Å². The fourth-order valence-corrected chi connectivity index (χ4v) is 1.67. The Morgan fingerprint density at radius 2 is 1.73 bits per heavy atom. The first-order chi connectivity index (χ1) is 7.18. The van der Waals surface area contributed by atoms with E-state index < -0.39 is 0 Å². The van der Waals surface area contributed by atoms with Crippen molar-refractivity contribution in [3.8, 4) is 0 Å². The molecule has 0 N–H and O–H groups in total. The van der Waals surface area contributed by atoms with Gasteiger partial charge in [-0.15, -0.1) is 6.58 Å². The Hall–Kier alpha value is -0.590. The average Bonchev–Trinajstić information content (AvgIpc) is 2.27. The van der Waals surface area contributed by atoms with Gasteiger partial charge in [0.25, 0.3) is 0 Å². The molecule has 88 valence electrons. The molecule has 1 heteroatoms. The van der Waals surface area contributed by atoms with Crippen molar-refractivity contribution in [3.05, 3.63) is 12.7 Å². The van der Waals surface area contributed by atoms with Crippen molar-refractivity contribution < 1.29 is 4.79 Å². The molecule has 1 nitrogen and oxygen atoms in total. The number of allylic oxidation sites excluding steroid dienone is 1. The predicted octanol–water partition coefficient (Wildman–Crippen LogP) is 4.52. The zero-order valence-electron chi connectivity index (χ0n) is 10.4. The van der Waals surface area contributed by atoms with Gasteiger partial charge in [-0.05, 0) is 25.7 Å². The van der Waals surface area contributed by atoms with Gasteiger partial charge in [-0.3, -0.25) is 0 Å². The molecule has 0 aromatic rings. The van der Waals surface area contributed by atoms with Gasteiger partial charge < -0.3 is 4.79 Å². The summed E-state index contributed by atoms with van der Waals surface area (Å²) >= 11 is 0. The summed E-state index contributed by atoms with van der Waals surface area (Å²) in [7, 11) is 0. The molecule has 0 bridgehead atoms. The minimum atomic E-state index is -0.0683. The maximum Gasteiger partial charge on any atom is 0.125 e. The lowest BCUT2D eigenvalue weighted by Gasteiger charge is -2.20. The van der Waals surface area contributed by atoms with Crippen LogP contribution < -0.4 is 0 Å². The molecule has 0 saturated carbocycles. The molecule has 0 aliphatic heterocycles. The minimum Gasteiger partial charge on any atom is -0.303 e. The summed E-state index contributed by atoms with van der Waals surface area (Å²) in [6.07, 6.45) is 12.6. The van der Waals surface area contributed by atoms with Crippen molar-refractivity contribution in [2.24, 2.45) is 5.41 Å². The molecule has 0 aromatic carbocycles. The van der Waals surface area contributed by atoms with Crippen molar-refractivity contribution in [1.82, 2.24) is 0 Å². The third-order valence-corrected chi connectivity index (χ3v) is 3.25. The monoisotopic (exact) mass is 210 g/mol. The predicted molar refractivity (Wildman–Crippen MR) is 67.0 cm³/mol. The number of unbranched alkanes of at least 4 members (excludes halogenated alkanes) is 5. The molecule has 0 rings (SSSR count). The highest BCUT2D eigenvalue weighted by atomic mass is 16.1. The number of hydrogen-bond acceptors (Lipinski definition) is 1. The standard InChI is InChI=1S/C14H26O/c1-4-6-7-8-9-10-11-12-14(3,5-2)13-15/h4,13H,1,5-12H2,2-3H3. The first-order valence-corrected chi connectivity index (χ1v) is 6.26. The van der Waals surface area contributed by atoms with Crippen LogP contribution in [0.15, 0.2) is 12.7 Å². The largest absolute Gasteiger partial charge is 0.303 e. The van der Waals surface area contributed by atoms with E-state index in [4.69, 9.17) is 0 Å². The van der Waals surface area contributed by atoms with Crippen molar-refractivity contribution in [2.75, 3.05) is 0 Å². The van der Waals surface area contributed by atoms with Crippen molar-refractivity contribution >= 4 is 6.29 Å². The minimum absolute atomic E-state index is 0.0683. The highest BCUT2D eigenvalue weighted by molar-refractivity contribution is 5.58. The van der Waals surface area contributed by atoms with E-state index in [9.17, 15) is 4.79 Å². The number of hydrogen-bond donors (Lipinski definition) is 0. The lowest BCUT2D eigenvalue weighted by Crippen LogP contribution is -2.16. The van der Waals surface area contributed by atoms with E-state index in [1.165, 1.54) is 32.1 Å². The molecule has 0 aromatic heterocycles. The summed E-state index contributed by atoms with van der Waals surface area (Å²) in [5, 5.41) is 0. The molecule has 0 amide bonds. The smallest absolute Gasteiger partial charge is 0.125 e. The van der Waals surface area contributed by atoms with Crippen molar-refractivity contribution in [2.45, 2.75) is 65.2 Å². The molecule has 0 fully saturated rings. The lowest BCUT2D eigenvalue weighted by atomic mass is 9.84. The summed E-state index contributed by atoms with van der Waals surface area (Å²) in [6, 6.07) is 0. The Balaban J connectivity index is 3.37. The molecule has 0 spiro atoms. The summed E-state index contributed by atoms with van der Waals surface area (Å²) in [5.41, 5.74) is -0.0683. The highest BCUT2D eigenvalue weighted by Gasteiger charge is 2.19. The number of carbonyl (C=O) groups is 1. The van der Waals surface area contributed by atoms with Gasteiger partial charge in [-0.25, -0.2) is 0 Å². The molecular formula is C14H26O. The summed E-state index contributed by atoms with van der Waals surface area (Å²) in [4.78, 5) is 10.9. The van der Waals surface area contributed by atoms with Gasteiger partial charge in [0.2, 0.25) is 0 Å². The van der Waals surface area contributed by atoms with Gasteiger partial charge in [0, 0.05) is 5.41 Å². The summed E-state index contributed by atoms with van der Waals surface area (Å²) in [6.45, 7) is 7.87. The first kappa shape index (κ1) is 14.4. The molecule has 1 atom stereocenters. The second-order valence-electron chi connectivity index (χ2n) is 4.72. The second kappa shape index (κ2) is 8.70. The molecule has 1 unspecified atom stereocenters. The van der Waals surface area contributed by atoms with E-state index in [-0.39, 0.29) is 5.41 Å². The Kier molecular flexibility index (Phi) is 8.35. The lowest BCUT2D eigenvalue weighted by molar-refractivity contribution is -0.116. The maximum atomic E-state index is 10.9. The van der Waals surface area contributed by atoms with Crippen LogP contribution in [-0.2, 0) is 4.79 Å². The normalized spacial score (nSPS) is 14.5. The van der Waals surface area contributed by atoms with E-state index in [0.717, 1.165) is 25.5 Å². The molecule has 15 heavy (non-hydrogen) atoms. The van der Waals surface area contributed by atoms with E-state index in [0.29, 0.717) is 0 Å². The third-order valence-electron chi connectivity index (χ3n) is 3.25. The fraction of sp³-hybridized carbons (Fsp3) is 0.786. The van der Waals surface area contributed by atoms with Gasteiger partial charge in [0.05, 0.1) is 0 Å². The number of aldehydes is 1. The first-order valence-electron chi connectivity index (χ1n) is 6.26. The van der Waals surface area contributed by atoms with Crippen LogP contribution in [0.25, 0.3) is 0 Å². The summed E-state index contributed by atoms with van der Waals surface area (Å²) < 4.78 is 0. The SMILES string of the molecule is C=CCCCCCCCC(C)(C=O)CC. The molecule has 0 aliphatic carbocycles. The zero-order chi connectivity index (χ0) is 11.6. The van der Waals surface area contributed by atoms with Crippen LogP contribution >= 0.6 is 0 Å². The second-order valence-corrected chi connectivity index (χ2v) is 4.72. The van der Waals surface area contributed by atoms with E-state index in [1.54, 1.807) is 0 Å². The van der Waals surface area contributed by atoms with Gasteiger partial charge in [0.15, 0.2) is 0 Å². The van der Waals surface area contributed by atoms with Crippen LogP contribution in [0.3, 0.4) is 0 Å². The van der Waals surface area contributed by atoms with Crippen LogP contribution in [0.4, 0.5) is 0 Å². The fourth-order valence-electron chi connectivity index (χ4n) is 1.67. The molecule has 0 radical (unpaired) electrons.